The third-order valence-electron chi connectivity index (χ3n) is 5.24. The lowest BCUT2D eigenvalue weighted by Crippen LogP contribution is -2.22. The number of amides is 1. The predicted octanol–water partition coefficient (Wildman–Crippen LogP) is 5.97. The zero-order valence-corrected chi connectivity index (χ0v) is 20.1. The van der Waals surface area contributed by atoms with Gasteiger partial charge in [0.05, 0.1) is 17.0 Å². The number of anilines is 1. The summed E-state index contributed by atoms with van der Waals surface area (Å²) in [7, 11) is 0. The predicted molar refractivity (Wildman–Crippen MR) is 134 cm³/mol. The van der Waals surface area contributed by atoms with Gasteiger partial charge in [0.1, 0.15) is 10.5 Å². The molecule has 170 valence electrons. The fourth-order valence-corrected chi connectivity index (χ4v) is 5.02. The molecule has 1 N–H and O–H groups in total. The SMILES string of the molecule is CCCCc1ccc(NC(=O)CSc2nc3ccsc3c(=O)n2-c2ccc(F)c(C)c2)cc1. The third kappa shape index (κ3) is 5.34. The van der Waals surface area contributed by atoms with Gasteiger partial charge < -0.3 is 5.32 Å². The van der Waals surface area contributed by atoms with Gasteiger partial charge in [0.15, 0.2) is 5.16 Å². The summed E-state index contributed by atoms with van der Waals surface area (Å²) in [5.74, 6) is -0.450. The van der Waals surface area contributed by atoms with Gasteiger partial charge in [-0.1, -0.05) is 37.2 Å². The molecule has 4 rings (SSSR count). The highest BCUT2D eigenvalue weighted by molar-refractivity contribution is 7.99. The van der Waals surface area contributed by atoms with Crippen LogP contribution in [0.3, 0.4) is 0 Å². The van der Waals surface area contributed by atoms with Gasteiger partial charge in [-0.15, -0.1) is 11.3 Å². The van der Waals surface area contributed by atoms with Crippen LogP contribution < -0.4 is 10.9 Å². The Morgan fingerprint density at radius 3 is 2.70 bits per heavy atom. The highest BCUT2D eigenvalue weighted by Crippen LogP contribution is 2.25. The van der Waals surface area contributed by atoms with Gasteiger partial charge in [0.25, 0.3) is 5.56 Å². The number of rotatable bonds is 8. The van der Waals surface area contributed by atoms with Crippen LogP contribution in [0, 0.1) is 12.7 Å². The van der Waals surface area contributed by atoms with Crippen molar-refractivity contribution in [3.63, 3.8) is 0 Å². The molecule has 0 aliphatic carbocycles. The number of fused-ring (bicyclic) bond motifs is 1. The van der Waals surface area contributed by atoms with Crippen molar-refractivity contribution in [3.8, 4) is 5.69 Å². The van der Waals surface area contributed by atoms with Crippen LogP contribution in [-0.4, -0.2) is 21.2 Å². The quantitative estimate of drug-likeness (QED) is 0.249. The van der Waals surface area contributed by atoms with Gasteiger partial charge in [-0.2, -0.15) is 0 Å². The number of hydrogen-bond donors (Lipinski definition) is 1. The number of nitrogens with one attached hydrogen (secondary N) is 1. The Labute approximate surface area is 199 Å². The maximum atomic E-state index is 13.8. The first-order chi connectivity index (χ1) is 16.0. The average Bonchev–Trinajstić information content (AvgIpc) is 3.28. The molecule has 0 unspecified atom stereocenters. The number of thioether (sulfide) groups is 1. The number of thiophene rings is 1. The van der Waals surface area contributed by atoms with Gasteiger partial charge >= 0.3 is 0 Å². The van der Waals surface area contributed by atoms with Crippen molar-refractivity contribution in [2.45, 2.75) is 38.3 Å². The van der Waals surface area contributed by atoms with Crippen molar-refractivity contribution in [2.75, 3.05) is 11.1 Å². The molecule has 0 fully saturated rings. The molecule has 2 heterocycles. The molecule has 0 saturated carbocycles. The number of carbonyl (C=O) groups is 1. The molecule has 2 aromatic carbocycles. The maximum absolute atomic E-state index is 13.8. The molecule has 0 atom stereocenters. The van der Waals surface area contributed by atoms with Crippen LogP contribution in [0.25, 0.3) is 15.9 Å². The van der Waals surface area contributed by atoms with E-state index in [0.717, 1.165) is 24.9 Å². The summed E-state index contributed by atoms with van der Waals surface area (Å²) in [6.07, 6.45) is 3.31. The molecule has 0 radical (unpaired) electrons. The highest BCUT2D eigenvalue weighted by atomic mass is 32.2. The number of benzene rings is 2. The summed E-state index contributed by atoms with van der Waals surface area (Å²) in [5, 5.41) is 5.10. The second-order valence-electron chi connectivity index (χ2n) is 7.74. The Morgan fingerprint density at radius 1 is 1.18 bits per heavy atom. The first-order valence-electron chi connectivity index (χ1n) is 10.7. The van der Waals surface area contributed by atoms with E-state index in [1.165, 1.54) is 39.3 Å². The minimum absolute atomic E-state index is 0.0832. The summed E-state index contributed by atoms with van der Waals surface area (Å²) < 4.78 is 15.8. The molecule has 0 saturated heterocycles. The summed E-state index contributed by atoms with van der Waals surface area (Å²) in [5.41, 5.74) is 3.29. The molecular formula is C25H24FN3O2S2. The van der Waals surface area contributed by atoms with E-state index in [2.05, 4.69) is 17.2 Å². The Kier molecular flexibility index (Phi) is 7.25. The largest absolute Gasteiger partial charge is 0.325 e. The van der Waals surface area contributed by atoms with Crippen molar-refractivity contribution in [3.05, 3.63) is 81.2 Å². The van der Waals surface area contributed by atoms with Crippen LogP contribution in [0.5, 0.6) is 0 Å². The molecule has 0 bridgehead atoms. The highest BCUT2D eigenvalue weighted by Gasteiger charge is 2.16. The van der Waals surface area contributed by atoms with E-state index in [0.29, 0.717) is 26.6 Å². The van der Waals surface area contributed by atoms with Crippen LogP contribution in [0.1, 0.15) is 30.9 Å². The molecule has 2 aromatic heterocycles. The van der Waals surface area contributed by atoms with Crippen molar-refractivity contribution in [1.29, 1.82) is 0 Å². The third-order valence-corrected chi connectivity index (χ3v) is 7.07. The summed E-state index contributed by atoms with van der Waals surface area (Å²) in [6.45, 7) is 3.81. The number of aromatic nitrogens is 2. The van der Waals surface area contributed by atoms with Crippen LogP contribution >= 0.6 is 23.1 Å². The molecule has 0 aliphatic heterocycles. The van der Waals surface area contributed by atoms with E-state index in [4.69, 9.17) is 0 Å². The normalized spacial score (nSPS) is 11.1. The zero-order valence-electron chi connectivity index (χ0n) is 18.4. The minimum atomic E-state index is -0.341. The van der Waals surface area contributed by atoms with Crippen molar-refractivity contribution in [1.82, 2.24) is 9.55 Å². The second-order valence-corrected chi connectivity index (χ2v) is 9.60. The number of unbranched alkanes of at least 4 members (excludes halogenated alkanes) is 1. The molecule has 0 aliphatic rings. The van der Waals surface area contributed by atoms with E-state index in [1.54, 1.807) is 25.1 Å². The standard InChI is InChI=1S/C25H24FN3O2S2/c1-3-4-5-17-6-8-18(9-7-17)27-22(30)15-33-25-28-21-12-13-32-23(21)24(31)29(25)19-10-11-20(26)16(2)14-19/h6-14H,3-5,15H2,1-2H3,(H,27,30). The molecule has 4 aromatic rings. The second kappa shape index (κ2) is 10.3. The van der Waals surface area contributed by atoms with E-state index >= 15 is 0 Å². The maximum Gasteiger partial charge on any atom is 0.276 e. The lowest BCUT2D eigenvalue weighted by molar-refractivity contribution is -0.113. The number of carbonyl (C=O) groups excluding carboxylic acids is 1. The molecule has 33 heavy (non-hydrogen) atoms. The van der Waals surface area contributed by atoms with E-state index in [1.807, 2.05) is 29.6 Å². The number of hydrogen-bond acceptors (Lipinski definition) is 5. The topological polar surface area (TPSA) is 64.0 Å². The van der Waals surface area contributed by atoms with Crippen LogP contribution in [0.4, 0.5) is 10.1 Å². The van der Waals surface area contributed by atoms with E-state index in [9.17, 15) is 14.0 Å². The fraction of sp³-hybridized carbons (Fsp3) is 0.240. The van der Waals surface area contributed by atoms with Gasteiger partial charge in [-0.3, -0.25) is 14.2 Å². The van der Waals surface area contributed by atoms with Gasteiger partial charge in [-0.25, -0.2) is 9.37 Å². The molecule has 1 amide bonds. The first kappa shape index (κ1) is 23.2. The van der Waals surface area contributed by atoms with Gasteiger partial charge in [0, 0.05) is 5.69 Å². The summed E-state index contributed by atoms with van der Waals surface area (Å²) >= 11 is 2.49. The van der Waals surface area contributed by atoms with Gasteiger partial charge in [0.2, 0.25) is 5.91 Å². The van der Waals surface area contributed by atoms with Crippen molar-refractivity contribution in [2.24, 2.45) is 0 Å². The lowest BCUT2D eigenvalue weighted by atomic mass is 10.1. The Morgan fingerprint density at radius 2 is 1.97 bits per heavy atom. The smallest absolute Gasteiger partial charge is 0.276 e. The monoisotopic (exact) mass is 481 g/mol. The molecule has 0 spiro atoms. The first-order valence-corrected chi connectivity index (χ1v) is 12.6. The van der Waals surface area contributed by atoms with Crippen LogP contribution in [0.15, 0.2) is 63.9 Å². The van der Waals surface area contributed by atoms with Crippen LogP contribution in [-0.2, 0) is 11.2 Å². The summed E-state index contributed by atoms with van der Waals surface area (Å²) in [4.78, 5) is 30.4. The van der Waals surface area contributed by atoms with Gasteiger partial charge in [-0.05, 0) is 72.7 Å². The van der Waals surface area contributed by atoms with Crippen LogP contribution in [0.2, 0.25) is 0 Å². The van der Waals surface area contributed by atoms with Crippen molar-refractivity contribution < 1.29 is 9.18 Å². The summed E-state index contributed by atoms with van der Waals surface area (Å²) in [6, 6.07) is 14.1. The number of aryl methyl sites for hydroxylation is 2. The average molecular weight is 482 g/mol. The molecule has 8 heteroatoms. The Balaban J connectivity index is 1.55. The number of halogens is 1. The fourth-order valence-electron chi connectivity index (χ4n) is 3.45. The number of nitrogens with zero attached hydrogens (tertiary/aromatic N) is 2. The minimum Gasteiger partial charge on any atom is -0.325 e. The Bertz CT molecular complexity index is 1350. The molecular weight excluding hydrogens is 457 g/mol. The van der Waals surface area contributed by atoms with Crippen molar-refractivity contribution >= 4 is 44.9 Å². The van der Waals surface area contributed by atoms with E-state index < -0.39 is 0 Å². The zero-order chi connectivity index (χ0) is 23.4. The lowest BCUT2D eigenvalue weighted by Gasteiger charge is -2.13. The van der Waals surface area contributed by atoms with E-state index in [-0.39, 0.29) is 23.0 Å². The Hall–Kier alpha value is -2.97. The molecule has 5 nitrogen and oxygen atoms in total.